The Balaban J connectivity index is 3.93. The molecule has 0 aliphatic carbocycles. The fourth-order valence-electron chi connectivity index (χ4n) is 2.43. The van der Waals surface area contributed by atoms with E-state index in [1.54, 1.807) is 11.1 Å². The number of unbranched alkanes of at least 4 members (excludes halogenated alkanes) is 5. The van der Waals surface area contributed by atoms with Crippen LogP contribution in [-0.4, -0.2) is 0 Å². The van der Waals surface area contributed by atoms with Gasteiger partial charge in [0.2, 0.25) is 0 Å². The van der Waals surface area contributed by atoms with Crippen LogP contribution in [0.4, 0.5) is 0 Å². The summed E-state index contributed by atoms with van der Waals surface area (Å²) in [6, 6.07) is 0. The summed E-state index contributed by atoms with van der Waals surface area (Å²) in [4.78, 5) is 0. The fraction of sp³-hybridized carbons (Fsp3) is 0.882. The molecule has 0 N–H and O–H groups in total. The number of hydrogen-bond acceptors (Lipinski definition) is 0. The molecule has 0 spiro atoms. The van der Waals surface area contributed by atoms with Gasteiger partial charge in [0, 0.05) is 0 Å². The summed E-state index contributed by atoms with van der Waals surface area (Å²) >= 11 is 0. The lowest BCUT2D eigenvalue weighted by Crippen LogP contribution is -2.09. The summed E-state index contributed by atoms with van der Waals surface area (Å²) in [5.41, 5.74) is 3.27. The highest BCUT2D eigenvalue weighted by Gasteiger charge is 2.13. The van der Waals surface area contributed by atoms with Crippen LogP contribution in [0.15, 0.2) is 11.1 Å². The molecule has 0 heteroatoms. The predicted octanol–water partition coefficient (Wildman–Crippen LogP) is 6.37. The molecule has 0 nitrogen and oxygen atoms in total. The van der Waals surface area contributed by atoms with Crippen LogP contribution < -0.4 is 0 Å². The minimum absolute atomic E-state index is 0.760. The van der Waals surface area contributed by atoms with Crippen molar-refractivity contribution in [1.82, 2.24) is 0 Å². The standard InChI is InChI=1S/C17H34/c1-7-8-9-10-11-12-13-17(15(4)5)16(6)14(2)3/h14,16H,7-13H2,1-6H3. The molecule has 0 fully saturated rings. The smallest absolute Gasteiger partial charge is 0.0206 e. The second-order valence-corrected chi connectivity index (χ2v) is 6.08. The minimum Gasteiger partial charge on any atom is -0.0770 e. The van der Waals surface area contributed by atoms with Gasteiger partial charge >= 0.3 is 0 Å². The monoisotopic (exact) mass is 238 g/mol. The van der Waals surface area contributed by atoms with Crippen LogP contribution in [0.1, 0.15) is 86.5 Å². The van der Waals surface area contributed by atoms with Gasteiger partial charge in [0.05, 0.1) is 0 Å². The van der Waals surface area contributed by atoms with Gasteiger partial charge in [0.25, 0.3) is 0 Å². The van der Waals surface area contributed by atoms with Crippen LogP contribution in [0.2, 0.25) is 0 Å². The van der Waals surface area contributed by atoms with E-state index in [9.17, 15) is 0 Å². The highest BCUT2D eigenvalue weighted by atomic mass is 14.2. The summed E-state index contributed by atoms with van der Waals surface area (Å²) in [7, 11) is 0. The Morgan fingerprint density at radius 3 is 1.82 bits per heavy atom. The molecule has 0 aromatic rings. The summed E-state index contributed by atoms with van der Waals surface area (Å²) in [5.74, 6) is 1.54. The summed E-state index contributed by atoms with van der Waals surface area (Å²) in [5, 5.41) is 0. The molecule has 0 rings (SSSR count). The molecule has 17 heavy (non-hydrogen) atoms. The quantitative estimate of drug-likeness (QED) is 0.323. The molecule has 0 radical (unpaired) electrons. The maximum atomic E-state index is 2.39. The Bertz CT molecular complexity index is 206. The van der Waals surface area contributed by atoms with Crippen molar-refractivity contribution in [2.75, 3.05) is 0 Å². The van der Waals surface area contributed by atoms with E-state index in [1.807, 2.05) is 0 Å². The largest absolute Gasteiger partial charge is 0.0770 e. The van der Waals surface area contributed by atoms with Gasteiger partial charge in [-0.1, -0.05) is 70.9 Å². The Morgan fingerprint density at radius 1 is 0.824 bits per heavy atom. The predicted molar refractivity (Wildman–Crippen MR) is 80.4 cm³/mol. The lowest BCUT2D eigenvalue weighted by atomic mass is 9.84. The highest BCUT2D eigenvalue weighted by Crippen LogP contribution is 2.27. The van der Waals surface area contributed by atoms with Gasteiger partial charge < -0.3 is 0 Å². The van der Waals surface area contributed by atoms with Gasteiger partial charge in [-0.15, -0.1) is 0 Å². The molecule has 0 saturated carbocycles. The van der Waals surface area contributed by atoms with Gasteiger partial charge in [0.15, 0.2) is 0 Å². The van der Waals surface area contributed by atoms with Crippen molar-refractivity contribution in [3.8, 4) is 0 Å². The zero-order chi connectivity index (χ0) is 13.3. The van der Waals surface area contributed by atoms with E-state index in [-0.39, 0.29) is 0 Å². The minimum atomic E-state index is 0.760. The first-order chi connectivity index (χ1) is 8.00. The third-order valence-corrected chi connectivity index (χ3v) is 3.99. The van der Waals surface area contributed by atoms with Crippen LogP contribution in [0.25, 0.3) is 0 Å². The van der Waals surface area contributed by atoms with Crippen molar-refractivity contribution in [2.24, 2.45) is 11.8 Å². The zero-order valence-electron chi connectivity index (χ0n) is 13.1. The van der Waals surface area contributed by atoms with Crippen LogP contribution in [0.3, 0.4) is 0 Å². The lowest BCUT2D eigenvalue weighted by molar-refractivity contribution is 0.455. The van der Waals surface area contributed by atoms with Gasteiger partial charge in [0.1, 0.15) is 0 Å². The summed E-state index contributed by atoms with van der Waals surface area (Å²) in [6.07, 6.45) is 9.76. The second-order valence-electron chi connectivity index (χ2n) is 6.08. The van der Waals surface area contributed by atoms with Gasteiger partial charge in [-0.2, -0.15) is 0 Å². The Morgan fingerprint density at radius 2 is 1.35 bits per heavy atom. The van der Waals surface area contributed by atoms with Crippen LogP contribution >= 0.6 is 0 Å². The normalized spacial score (nSPS) is 12.9. The first kappa shape index (κ1) is 16.7. The van der Waals surface area contributed by atoms with Crippen LogP contribution in [-0.2, 0) is 0 Å². The maximum Gasteiger partial charge on any atom is -0.0206 e. The Hall–Kier alpha value is -0.260. The van der Waals surface area contributed by atoms with Crippen molar-refractivity contribution in [3.05, 3.63) is 11.1 Å². The van der Waals surface area contributed by atoms with E-state index >= 15 is 0 Å². The van der Waals surface area contributed by atoms with Crippen LogP contribution in [0.5, 0.6) is 0 Å². The molecule has 1 unspecified atom stereocenters. The SMILES string of the molecule is CCCCCCCCC(=C(C)C)C(C)C(C)C. The van der Waals surface area contributed by atoms with E-state index in [2.05, 4.69) is 41.5 Å². The molecule has 1 atom stereocenters. The molecular formula is C17H34. The van der Waals surface area contributed by atoms with Crippen LogP contribution in [0, 0.1) is 11.8 Å². The highest BCUT2D eigenvalue weighted by molar-refractivity contribution is 5.13. The van der Waals surface area contributed by atoms with Crippen molar-refractivity contribution >= 4 is 0 Å². The first-order valence-corrected chi connectivity index (χ1v) is 7.66. The van der Waals surface area contributed by atoms with Crippen molar-refractivity contribution < 1.29 is 0 Å². The molecular weight excluding hydrogens is 204 g/mol. The van der Waals surface area contributed by atoms with Gasteiger partial charge in [-0.25, -0.2) is 0 Å². The number of allylic oxidation sites excluding steroid dienone is 2. The van der Waals surface area contributed by atoms with Gasteiger partial charge in [-0.05, 0) is 38.5 Å². The molecule has 0 bridgehead atoms. The molecule has 0 heterocycles. The zero-order valence-corrected chi connectivity index (χ0v) is 13.1. The number of rotatable bonds is 9. The summed E-state index contributed by atoms with van der Waals surface area (Å²) < 4.78 is 0. The van der Waals surface area contributed by atoms with E-state index in [4.69, 9.17) is 0 Å². The second kappa shape index (κ2) is 9.74. The fourth-order valence-corrected chi connectivity index (χ4v) is 2.43. The van der Waals surface area contributed by atoms with E-state index in [1.165, 1.54) is 44.9 Å². The van der Waals surface area contributed by atoms with E-state index in [0.29, 0.717) is 0 Å². The summed E-state index contributed by atoms with van der Waals surface area (Å²) in [6.45, 7) is 13.9. The van der Waals surface area contributed by atoms with Gasteiger partial charge in [-0.3, -0.25) is 0 Å². The Labute approximate surface area is 110 Å². The number of hydrogen-bond donors (Lipinski definition) is 0. The molecule has 0 saturated heterocycles. The molecule has 0 aromatic carbocycles. The van der Waals surface area contributed by atoms with Crippen molar-refractivity contribution in [3.63, 3.8) is 0 Å². The molecule has 0 amide bonds. The third kappa shape index (κ3) is 7.63. The lowest BCUT2D eigenvalue weighted by Gasteiger charge is -2.21. The van der Waals surface area contributed by atoms with Crippen molar-refractivity contribution in [1.29, 1.82) is 0 Å². The maximum absolute atomic E-state index is 2.39. The molecule has 0 aromatic heterocycles. The average Bonchev–Trinajstić information content (AvgIpc) is 2.26. The molecule has 0 aliphatic rings. The Kier molecular flexibility index (Phi) is 9.59. The van der Waals surface area contributed by atoms with E-state index in [0.717, 1.165) is 11.8 Å². The molecule has 102 valence electrons. The first-order valence-electron chi connectivity index (χ1n) is 7.66. The third-order valence-electron chi connectivity index (χ3n) is 3.99. The van der Waals surface area contributed by atoms with E-state index < -0.39 is 0 Å². The average molecular weight is 238 g/mol. The van der Waals surface area contributed by atoms with Crippen molar-refractivity contribution in [2.45, 2.75) is 86.5 Å². The topological polar surface area (TPSA) is 0 Å². The molecule has 0 aliphatic heterocycles.